The number of carbonyl (C=O) groups is 1. The highest BCUT2D eigenvalue weighted by Crippen LogP contribution is 2.44. The summed E-state index contributed by atoms with van der Waals surface area (Å²) >= 11 is 16.7. The molecule has 1 aromatic heterocycles. The van der Waals surface area contributed by atoms with Gasteiger partial charge in [0, 0.05) is 10.7 Å². The predicted molar refractivity (Wildman–Crippen MR) is 129 cm³/mol. The molecule has 0 saturated carbocycles. The normalized spacial score (nSPS) is 14.6. The Morgan fingerprint density at radius 1 is 1.17 bits per heavy atom. The van der Waals surface area contributed by atoms with Gasteiger partial charge in [-0.25, -0.2) is 4.68 Å². The minimum absolute atomic E-state index is 0.260. The lowest BCUT2D eigenvalue weighted by Crippen LogP contribution is -2.13. The number of nitrogens with zero attached hydrogens (tertiary/aromatic N) is 2. The number of hydrogen-bond donors (Lipinski definition) is 1. The molecule has 0 bridgehead atoms. The van der Waals surface area contributed by atoms with E-state index in [1.807, 2.05) is 66.0 Å². The van der Waals surface area contributed by atoms with Crippen LogP contribution in [0.2, 0.25) is 10.2 Å². The van der Waals surface area contributed by atoms with E-state index in [2.05, 4.69) is 16.5 Å². The molecule has 8 heteroatoms. The number of aromatic nitrogens is 2. The summed E-state index contributed by atoms with van der Waals surface area (Å²) in [5, 5.41) is 8.39. The zero-order chi connectivity index (χ0) is 21.1. The molecule has 1 aliphatic heterocycles. The third kappa shape index (κ3) is 4.83. The topological polar surface area (TPSA) is 46.9 Å². The van der Waals surface area contributed by atoms with Crippen molar-refractivity contribution in [1.29, 1.82) is 0 Å². The summed E-state index contributed by atoms with van der Waals surface area (Å²) in [7, 11) is 0. The van der Waals surface area contributed by atoms with Crippen molar-refractivity contribution >= 4 is 58.3 Å². The Kier molecular flexibility index (Phi) is 6.98. The Bertz CT molecular complexity index is 1060. The van der Waals surface area contributed by atoms with Gasteiger partial charge < -0.3 is 5.32 Å². The van der Waals surface area contributed by atoms with Gasteiger partial charge in [0.2, 0.25) is 0 Å². The number of carbonyl (C=O) groups excluding carboxylic acids is 1. The summed E-state index contributed by atoms with van der Waals surface area (Å²) in [5.41, 5.74) is 3.85. The summed E-state index contributed by atoms with van der Waals surface area (Å²) in [6, 6.07) is 15.6. The first-order valence-corrected chi connectivity index (χ1v) is 12.5. The maximum atomic E-state index is 13.0. The van der Waals surface area contributed by atoms with Gasteiger partial charge in [-0.1, -0.05) is 53.5 Å². The molecule has 0 radical (unpaired) electrons. The van der Waals surface area contributed by atoms with E-state index in [0.717, 1.165) is 11.3 Å². The fourth-order valence-electron chi connectivity index (χ4n) is 3.34. The Labute approximate surface area is 194 Å². The van der Waals surface area contributed by atoms with Crippen LogP contribution in [0, 0.1) is 6.92 Å². The number of rotatable bonds is 5. The van der Waals surface area contributed by atoms with Crippen molar-refractivity contribution in [3.8, 4) is 0 Å². The molecule has 4 rings (SSSR count). The van der Waals surface area contributed by atoms with Crippen LogP contribution in [0.1, 0.15) is 38.2 Å². The summed E-state index contributed by atoms with van der Waals surface area (Å²) in [5.74, 6) is 2.09. The molecule has 3 aromatic rings. The van der Waals surface area contributed by atoms with Crippen molar-refractivity contribution in [2.45, 2.75) is 24.5 Å². The maximum absolute atomic E-state index is 13.0. The van der Waals surface area contributed by atoms with Gasteiger partial charge in [-0.05, 0) is 54.2 Å². The molecule has 0 unspecified atom stereocenters. The SMILES string of the molecule is Cc1nn(Cc2ccccc2Cl)c(Cl)c1C(=O)Nc1cccc(C2SCCCS2)c1. The van der Waals surface area contributed by atoms with Gasteiger partial charge in [0.05, 0.1) is 22.4 Å². The second-order valence-corrected chi connectivity index (χ2v) is 10.5. The standard InChI is InChI=1S/C22H21Cl2N3OS2/c1-14-19(20(24)27(26-14)13-16-6-2-3-9-18(16)23)21(28)25-17-8-4-7-15(12-17)22-29-10-5-11-30-22/h2-4,6-9,12,22H,5,10-11,13H2,1H3,(H,25,28). The summed E-state index contributed by atoms with van der Waals surface area (Å²) in [6.45, 7) is 2.19. The first kappa shape index (κ1) is 21.6. The van der Waals surface area contributed by atoms with E-state index >= 15 is 0 Å². The smallest absolute Gasteiger partial charge is 0.260 e. The fraction of sp³-hybridized carbons (Fsp3) is 0.273. The Morgan fingerprint density at radius 2 is 1.93 bits per heavy atom. The monoisotopic (exact) mass is 477 g/mol. The van der Waals surface area contributed by atoms with Crippen LogP contribution >= 0.6 is 46.7 Å². The summed E-state index contributed by atoms with van der Waals surface area (Å²) in [4.78, 5) is 13.0. The lowest BCUT2D eigenvalue weighted by atomic mass is 10.2. The van der Waals surface area contributed by atoms with Gasteiger partial charge in [0.25, 0.3) is 5.91 Å². The number of thioether (sulfide) groups is 2. The quantitative estimate of drug-likeness (QED) is 0.445. The van der Waals surface area contributed by atoms with E-state index in [1.54, 1.807) is 11.6 Å². The van der Waals surface area contributed by atoms with E-state index in [4.69, 9.17) is 23.2 Å². The Hall–Kier alpha value is -1.60. The van der Waals surface area contributed by atoms with Crippen LogP contribution in [-0.4, -0.2) is 27.2 Å². The molecule has 2 heterocycles. The first-order chi connectivity index (χ1) is 14.5. The van der Waals surface area contributed by atoms with Gasteiger partial charge >= 0.3 is 0 Å². The van der Waals surface area contributed by atoms with E-state index in [0.29, 0.717) is 32.6 Å². The molecule has 2 aromatic carbocycles. The van der Waals surface area contributed by atoms with E-state index in [1.165, 1.54) is 23.5 Å². The summed E-state index contributed by atoms with van der Waals surface area (Å²) in [6.07, 6.45) is 1.25. The molecule has 156 valence electrons. The Balaban J connectivity index is 1.53. The van der Waals surface area contributed by atoms with E-state index < -0.39 is 0 Å². The number of nitrogens with one attached hydrogen (secondary N) is 1. The van der Waals surface area contributed by atoms with Gasteiger partial charge in [-0.15, -0.1) is 23.5 Å². The molecular formula is C22H21Cl2N3OS2. The Morgan fingerprint density at radius 3 is 2.70 bits per heavy atom. The van der Waals surface area contributed by atoms with E-state index in [9.17, 15) is 4.79 Å². The number of halogens is 2. The van der Waals surface area contributed by atoms with Crippen molar-refractivity contribution in [1.82, 2.24) is 9.78 Å². The lowest BCUT2D eigenvalue weighted by Gasteiger charge is -2.21. The minimum Gasteiger partial charge on any atom is -0.322 e. The van der Waals surface area contributed by atoms with Crippen molar-refractivity contribution in [3.05, 3.63) is 81.1 Å². The fourth-order valence-corrected chi connectivity index (χ4v) is 6.73. The van der Waals surface area contributed by atoms with Crippen LogP contribution in [-0.2, 0) is 6.54 Å². The van der Waals surface area contributed by atoms with Crippen LogP contribution in [0.15, 0.2) is 48.5 Å². The van der Waals surface area contributed by atoms with Crippen molar-refractivity contribution in [2.75, 3.05) is 16.8 Å². The highest BCUT2D eigenvalue weighted by molar-refractivity contribution is 8.16. The van der Waals surface area contributed by atoms with Crippen LogP contribution in [0.4, 0.5) is 5.69 Å². The average Bonchev–Trinajstić information content (AvgIpc) is 3.03. The van der Waals surface area contributed by atoms with Crippen molar-refractivity contribution in [3.63, 3.8) is 0 Å². The molecule has 0 aliphatic carbocycles. The number of anilines is 1. The largest absolute Gasteiger partial charge is 0.322 e. The molecular weight excluding hydrogens is 457 g/mol. The van der Waals surface area contributed by atoms with Crippen LogP contribution < -0.4 is 5.32 Å². The number of benzene rings is 2. The molecule has 0 atom stereocenters. The van der Waals surface area contributed by atoms with Crippen LogP contribution in [0.5, 0.6) is 0 Å². The second kappa shape index (κ2) is 9.69. The highest BCUT2D eigenvalue weighted by atomic mass is 35.5. The zero-order valence-electron chi connectivity index (χ0n) is 16.4. The van der Waals surface area contributed by atoms with E-state index in [-0.39, 0.29) is 5.91 Å². The minimum atomic E-state index is -0.260. The molecule has 4 nitrogen and oxygen atoms in total. The number of hydrogen-bond acceptors (Lipinski definition) is 4. The maximum Gasteiger partial charge on any atom is 0.260 e. The van der Waals surface area contributed by atoms with Crippen molar-refractivity contribution < 1.29 is 4.79 Å². The van der Waals surface area contributed by atoms with Crippen LogP contribution in [0.25, 0.3) is 0 Å². The first-order valence-electron chi connectivity index (χ1n) is 9.64. The van der Waals surface area contributed by atoms with Gasteiger partial charge in [-0.2, -0.15) is 5.10 Å². The zero-order valence-corrected chi connectivity index (χ0v) is 19.5. The molecule has 1 aliphatic rings. The molecule has 1 N–H and O–H groups in total. The molecule has 30 heavy (non-hydrogen) atoms. The third-order valence-corrected chi connectivity index (χ3v) is 8.58. The van der Waals surface area contributed by atoms with Crippen LogP contribution in [0.3, 0.4) is 0 Å². The van der Waals surface area contributed by atoms with Crippen molar-refractivity contribution in [2.24, 2.45) is 0 Å². The molecule has 1 amide bonds. The second-order valence-electron chi connectivity index (χ2n) is 7.01. The lowest BCUT2D eigenvalue weighted by molar-refractivity contribution is 0.102. The highest BCUT2D eigenvalue weighted by Gasteiger charge is 2.22. The van der Waals surface area contributed by atoms with Gasteiger partial charge in [-0.3, -0.25) is 4.79 Å². The average molecular weight is 478 g/mol. The molecule has 1 saturated heterocycles. The molecule has 0 spiro atoms. The van der Waals surface area contributed by atoms with Gasteiger partial charge in [0.1, 0.15) is 5.15 Å². The summed E-state index contributed by atoms with van der Waals surface area (Å²) < 4.78 is 2.03. The number of aryl methyl sites for hydroxylation is 1. The predicted octanol–water partition coefficient (Wildman–Crippen LogP) is 6.67. The third-order valence-electron chi connectivity index (χ3n) is 4.81. The van der Waals surface area contributed by atoms with Gasteiger partial charge in [0.15, 0.2) is 0 Å². The number of amides is 1. The molecule has 1 fully saturated rings.